The molecule has 2 heterocycles. The van der Waals surface area contributed by atoms with Gasteiger partial charge >= 0.3 is 6.09 Å². The van der Waals surface area contributed by atoms with Gasteiger partial charge in [0.2, 0.25) is 11.8 Å². The number of rotatable bonds is 3. The highest BCUT2D eigenvalue weighted by molar-refractivity contribution is 6.00. The van der Waals surface area contributed by atoms with Crippen molar-refractivity contribution in [1.82, 2.24) is 15.1 Å². The van der Waals surface area contributed by atoms with Crippen molar-refractivity contribution in [2.24, 2.45) is 5.92 Å². The third kappa shape index (κ3) is 4.93. The van der Waals surface area contributed by atoms with E-state index in [0.717, 1.165) is 19.4 Å². The van der Waals surface area contributed by atoms with Crippen LogP contribution in [-0.2, 0) is 14.3 Å². The molecular formula is C17H29N3O4. The Morgan fingerprint density at radius 3 is 2.42 bits per heavy atom. The Morgan fingerprint density at radius 2 is 1.83 bits per heavy atom. The first-order chi connectivity index (χ1) is 11.2. The summed E-state index contributed by atoms with van der Waals surface area (Å²) in [6.45, 7) is 7.69. The lowest BCUT2D eigenvalue weighted by atomic mass is 9.96. The molecule has 0 spiro atoms. The van der Waals surface area contributed by atoms with Crippen LogP contribution < -0.4 is 5.32 Å². The monoisotopic (exact) mass is 339 g/mol. The molecule has 2 rings (SSSR count). The highest BCUT2D eigenvalue weighted by Crippen LogP contribution is 2.20. The van der Waals surface area contributed by atoms with E-state index in [1.165, 1.54) is 11.9 Å². The number of likely N-dealkylation sites (N-methyl/N-ethyl adjacent to an activating group) is 1. The minimum atomic E-state index is -0.472. The predicted octanol–water partition coefficient (Wildman–Crippen LogP) is 1.37. The van der Waals surface area contributed by atoms with Crippen LogP contribution in [0.2, 0.25) is 0 Å². The van der Waals surface area contributed by atoms with Gasteiger partial charge in [-0.05, 0) is 52.5 Å². The first-order valence-electron chi connectivity index (χ1n) is 8.69. The smallest absolute Gasteiger partial charge is 0.410 e. The molecule has 0 bridgehead atoms. The molecule has 0 aliphatic carbocycles. The number of likely N-dealkylation sites (tertiary alicyclic amines) is 2. The molecule has 0 aromatic rings. The topological polar surface area (TPSA) is 79.0 Å². The van der Waals surface area contributed by atoms with E-state index in [2.05, 4.69) is 5.32 Å². The van der Waals surface area contributed by atoms with Crippen molar-refractivity contribution < 1.29 is 19.1 Å². The van der Waals surface area contributed by atoms with Gasteiger partial charge < -0.3 is 15.0 Å². The summed E-state index contributed by atoms with van der Waals surface area (Å²) in [4.78, 5) is 38.5. The highest BCUT2D eigenvalue weighted by atomic mass is 16.6. The van der Waals surface area contributed by atoms with E-state index < -0.39 is 5.60 Å². The molecule has 0 saturated carbocycles. The molecule has 1 N–H and O–H groups in total. The summed E-state index contributed by atoms with van der Waals surface area (Å²) in [6, 6.07) is -0.267. The van der Waals surface area contributed by atoms with Crippen LogP contribution in [0, 0.1) is 5.92 Å². The molecule has 24 heavy (non-hydrogen) atoms. The molecule has 2 aliphatic heterocycles. The van der Waals surface area contributed by atoms with Gasteiger partial charge in [0.15, 0.2) is 0 Å². The zero-order valence-corrected chi connectivity index (χ0v) is 15.1. The summed E-state index contributed by atoms with van der Waals surface area (Å²) in [5.41, 5.74) is -0.472. The molecular weight excluding hydrogens is 310 g/mol. The number of imide groups is 1. The maximum Gasteiger partial charge on any atom is 0.410 e. The molecule has 1 atom stereocenters. The summed E-state index contributed by atoms with van der Waals surface area (Å²) in [6.07, 6.45) is 2.51. The number of piperidine rings is 2. The number of carbonyl (C=O) groups excluding carboxylic acids is 3. The zero-order valence-electron chi connectivity index (χ0n) is 15.1. The van der Waals surface area contributed by atoms with Crippen molar-refractivity contribution in [3.8, 4) is 0 Å². The number of amides is 3. The Labute approximate surface area is 143 Å². The van der Waals surface area contributed by atoms with Crippen molar-refractivity contribution in [3.05, 3.63) is 0 Å². The van der Waals surface area contributed by atoms with Gasteiger partial charge in [-0.25, -0.2) is 4.79 Å². The van der Waals surface area contributed by atoms with Gasteiger partial charge in [0, 0.05) is 26.6 Å². The van der Waals surface area contributed by atoms with E-state index in [9.17, 15) is 14.4 Å². The molecule has 0 aromatic heterocycles. The lowest BCUT2D eigenvalue weighted by Crippen LogP contribution is -2.52. The third-order valence-electron chi connectivity index (χ3n) is 4.57. The Bertz CT molecular complexity index is 493. The van der Waals surface area contributed by atoms with Crippen LogP contribution in [0.4, 0.5) is 4.79 Å². The summed E-state index contributed by atoms with van der Waals surface area (Å²) >= 11 is 0. The van der Waals surface area contributed by atoms with Crippen LogP contribution in [0.1, 0.15) is 46.5 Å². The Hall–Kier alpha value is -1.63. The Balaban J connectivity index is 1.73. The fraction of sp³-hybridized carbons (Fsp3) is 0.824. The first-order valence-corrected chi connectivity index (χ1v) is 8.69. The Morgan fingerprint density at radius 1 is 1.21 bits per heavy atom. The first kappa shape index (κ1) is 18.7. The van der Waals surface area contributed by atoms with Crippen molar-refractivity contribution in [3.63, 3.8) is 0 Å². The van der Waals surface area contributed by atoms with E-state index in [1.54, 1.807) is 4.90 Å². The van der Waals surface area contributed by atoms with Crippen LogP contribution >= 0.6 is 0 Å². The maximum absolute atomic E-state index is 12.1. The Kier molecular flexibility index (Phi) is 5.85. The van der Waals surface area contributed by atoms with Gasteiger partial charge in [-0.3, -0.25) is 14.5 Å². The van der Waals surface area contributed by atoms with Crippen LogP contribution in [0.15, 0.2) is 0 Å². The number of hydrogen-bond acceptors (Lipinski definition) is 5. The van der Waals surface area contributed by atoms with E-state index in [4.69, 9.17) is 4.74 Å². The number of carbonyl (C=O) groups is 3. The fourth-order valence-corrected chi connectivity index (χ4v) is 3.06. The molecule has 136 valence electrons. The van der Waals surface area contributed by atoms with Crippen LogP contribution in [0.3, 0.4) is 0 Å². The summed E-state index contributed by atoms with van der Waals surface area (Å²) < 4.78 is 5.39. The fourth-order valence-electron chi connectivity index (χ4n) is 3.06. The average molecular weight is 339 g/mol. The molecule has 0 radical (unpaired) electrons. The SMILES string of the molecule is CN1C(=O)CCC(NCC2CCN(C(=O)OC(C)(C)C)CC2)C1=O. The quantitative estimate of drug-likeness (QED) is 0.786. The van der Waals surface area contributed by atoms with E-state index >= 15 is 0 Å². The molecule has 7 heteroatoms. The highest BCUT2D eigenvalue weighted by Gasteiger charge is 2.32. The van der Waals surface area contributed by atoms with Crippen LogP contribution in [0.5, 0.6) is 0 Å². The van der Waals surface area contributed by atoms with Gasteiger partial charge in [-0.1, -0.05) is 0 Å². The molecule has 2 aliphatic rings. The van der Waals surface area contributed by atoms with Crippen molar-refractivity contribution in [2.45, 2.75) is 58.1 Å². The molecule has 2 saturated heterocycles. The van der Waals surface area contributed by atoms with Gasteiger partial charge in [0.1, 0.15) is 5.60 Å². The molecule has 7 nitrogen and oxygen atoms in total. The normalized spacial score (nSPS) is 23.6. The molecule has 0 aromatic carbocycles. The maximum atomic E-state index is 12.1. The average Bonchev–Trinajstić information content (AvgIpc) is 2.51. The summed E-state index contributed by atoms with van der Waals surface area (Å²) in [7, 11) is 1.54. The van der Waals surface area contributed by atoms with E-state index in [0.29, 0.717) is 31.8 Å². The summed E-state index contributed by atoms with van der Waals surface area (Å²) in [5, 5.41) is 3.30. The second-order valence-electron chi connectivity index (χ2n) is 7.70. The number of nitrogens with one attached hydrogen (secondary N) is 1. The molecule has 1 unspecified atom stereocenters. The van der Waals surface area contributed by atoms with Gasteiger partial charge in [0.05, 0.1) is 6.04 Å². The largest absolute Gasteiger partial charge is 0.444 e. The minimum Gasteiger partial charge on any atom is -0.444 e. The van der Waals surface area contributed by atoms with Crippen LogP contribution in [0.25, 0.3) is 0 Å². The van der Waals surface area contributed by atoms with Gasteiger partial charge in [-0.2, -0.15) is 0 Å². The lowest BCUT2D eigenvalue weighted by Gasteiger charge is -2.34. The van der Waals surface area contributed by atoms with Gasteiger partial charge in [0.25, 0.3) is 0 Å². The van der Waals surface area contributed by atoms with Crippen molar-refractivity contribution in [2.75, 3.05) is 26.7 Å². The third-order valence-corrected chi connectivity index (χ3v) is 4.57. The zero-order chi connectivity index (χ0) is 17.9. The number of ether oxygens (including phenoxy) is 1. The minimum absolute atomic E-state index is 0.108. The standard InChI is InChI=1S/C17H29N3O4/c1-17(2,3)24-16(23)20-9-7-12(8-10-20)11-18-13-5-6-14(21)19(4)15(13)22/h12-13,18H,5-11H2,1-4H3. The van der Waals surface area contributed by atoms with Crippen molar-refractivity contribution >= 4 is 17.9 Å². The molecule has 3 amide bonds. The number of hydrogen-bond donors (Lipinski definition) is 1. The van der Waals surface area contributed by atoms with Crippen LogP contribution in [-0.4, -0.2) is 66.0 Å². The van der Waals surface area contributed by atoms with E-state index in [-0.39, 0.29) is 23.9 Å². The molecule has 2 fully saturated rings. The van der Waals surface area contributed by atoms with Gasteiger partial charge in [-0.15, -0.1) is 0 Å². The lowest BCUT2D eigenvalue weighted by molar-refractivity contribution is -0.148. The second kappa shape index (κ2) is 7.51. The van der Waals surface area contributed by atoms with Crippen molar-refractivity contribution in [1.29, 1.82) is 0 Å². The second-order valence-corrected chi connectivity index (χ2v) is 7.70. The summed E-state index contributed by atoms with van der Waals surface area (Å²) in [5.74, 6) is 0.181. The van der Waals surface area contributed by atoms with E-state index in [1.807, 2.05) is 20.8 Å². The predicted molar refractivity (Wildman–Crippen MR) is 89.3 cm³/mol. The number of nitrogens with zero attached hydrogens (tertiary/aromatic N) is 2.